The first-order valence-corrected chi connectivity index (χ1v) is 8.13. The molecule has 2 nitrogen and oxygen atoms in total. The van der Waals surface area contributed by atoms with Crippen LogP contribution in [0.2, 0.25) is 0 Å². The van der Waals surface area contributed by atoms with E-state index in [4.69, 9.17) is 5.84 Å². The number of hydrazine groups is 1. The molecule has 1 aliphatic carbocycles. The summed E-state index contributed by atoms with van der Waals surface area (Å²) in [5.74, 6) is 5.78. The molecule has 0 aliphatic heterocycles. The second-order valence-corrected chi connectivity index (χ2v) is 7.06. The Morgan fingerprint density at radius 3 is 2.70 bits per heavy atom. The second kappa shape index (κ2) is 5.68. The van der Waals surface area contributed by atoms with E-state index in [9.17, 15) is 0 Å². The van der Waals surface area contributed by atoms with Crippen molar-refractivity contribution in [3.05, 3.63) is 56.3 Å². The van der Waals surface area contributed by atoms with Gasteiger partial charge in [0.15, 0.2) is 0 Å². The minimum absolute atomic E-state index is 0.215. The molecule has 0 amide bonds. The normalized spacial score (nSPS) is 15.3. The third-order valence-electron chi connectivity index (χ3n) is 4.33. The van der Waals surface area contributed by atoms with Crippen LogP contribution in [0.15, 0.2) is 24.3 Å². The lowest BCUT2D eigenvalue weighted by Crippen LogP contribution is -2.29. The van der Waals surface area contributed by atoms with E-state index in [2.05, 4.69) is 43.5 Å². The van der Waals surface area contributed by atoms with Crippen LogP contribution in [0.5, 0.6) is 0 Å². The summed E-state index contributed by atoms with van der Waals surface area (Å²) in [6, 6.07) is 9.42. The van der Waals surface area contributed by atoms with Crippen molar-refractivity contribution in [2.75, 3.05) is 0 Å². The Labute approximate surface area is 125 Å². The first-order valence-electron chi connectivity index (χ1n) is 7.31. The molecule has 2 aromatic rings. The Bertz CT molecular complexity index is 596. The Balaban J connectivity index is 1.81. The van der Waals surface area contributed by atoms with Gasteiger partial charge in [-0.05, 0) is 67.9 Å². The van der Waals surface area contributed by atoms with Gasteiger partial charge in [0, 0.05) is 9.75 Å². The fourth-order valence-corrected chi connectivity index (χ4v) is 4.11. The van der Waals surface area contributed by atoms with E-state index >= 15 is 0 Å². The Kier molecular flexibility index (Phi) is 3.92. The number of benzene rings is 1. The van der Waals surface area contributed by atoms with Crippen LogP contribution in [0, 0.1) is 13.8 Å². The fraction of sp³-hybridized carbons (Fsp3) is 0.412. The highest BCUT2D eigenvalue weighted by atomic mass is 32.1. The summed E-state index contributed by atoms with van der Waals surface area (Å²) in [6.07, 6.45) is 4.75. The zero-order chi connectivity index (χ0) is 14.1. The second-order valence-electron chi connectivity index (χ2n) is 5.77. The van der Waals surface area contributed by atoms with E-state index in [1.54, 1.807) is 0 Å². The van der Waals surface area contributed by atoms with E-state index in [0.29, 0.717) is 0 Å². The van der Waals surface area contributed by atoms with Crippen molar-refractivity contribution in [3.63, 3.8) is 0 Å². The number of aryl methyl sites for hydroxylation is 4. The standard InChI is InChI=1S/C17H22N2S/c1-11-8-17(20-12(11)2)16(19-18)10-13-6-7-14-4-3-5-15(14)9-13/h6-9,16,19H,3-5,10,18H2,1-2H3. The number of rotatable bonds is 4. The van der Waals surface area contributed by atoms with Crippen molar-refractivity contribution < 1.29 is 0 Å². The van der Waals surface area contributed by atoms with E-state index in [1.807, 2.05) is 11.3 Å². The molecule has 3 rings (SSSR count). The molecule has 1 aromatic heterocycles. The number of nitrogens with two attached hydrogens (primary N) is 1. The molecular formula is C17H22N2S. The molecule has 0 spiro atoms. The van der Waals surface area contributed by atoms with Gasteiger partial charge in [-0.3, -0.25) is 11.3 Å². The third-order valence-corrected chi connectivity index (χ3v) is 5.60. The molecule has 1 unspecified atom stereocenters. The maximum atomic E-state index is 5.78. The predicted molar refractivity (Wildman–Crippen MR) is 86.0 cm³/mol. The maximum absolute atomic E-state index is 5.78. The predicted octanol–water partition coefficient (Wildman–Crippen LogP) is 3.60. The minimum Gasteiger partial charge on any atom is -0.271 e. The van der Waals surface area contributed by atoms with Crippen molar-refractivity contribution in [2.24, 2.45) is 5.84 Å². The average Bonchev–Trinajstić information content (AvgIpc) is 3.03. The highest BCUT2D eigenvalue weighted by Crippen LogP contribution is 2.30. The molecule has 3 N–H and O–H groups in total. The lowest BCUT2D eigenvalue weighted by molar-refractivity contribution is 0.560. The summed E-state index contributed by atoms with van der Waals surface area (Å²) in [5, 5.41) is 0. The van der Waals surface area contributed by atoms with Gasteiger partial charge in [0.2, 0.25) is 0 Å². The van der Waals surface area contributed by atoms with Crippen LogP contribution < -0.4 is 11.3 Å². The van der Waals surface area contributed by atoms with Crippen molar-refractivity contribution in [1.82, 2.24) is 5.43 Å². The molecule has 1 heterocycles. The van der Waals surface area contributed by atoms with Crippen molar-refractivity contribution in [3.8, 4) is 0 Å². The van der Waals surface area contributed by atoms with Crippen molar-refractivity contribution >= 4 is 11.3 Å². The van der Waals surface area contributed by atoms with E-state index in [0.717, 1.165) is 6.42 Å². The summed E-state index contributed by atoms with van der Waals surface area (Å²) in [5.41, 5.74) is 8.81. The zero-order valence-electron chi connectivity index (χ0n) is 12.2. The summed E-state index contributed by atoms with van der Waals surface area (Å²) < 4.78 is 0. The number of fused-ring (bicyclic) bond motifs is 1. The Morgan fingerprint density at radius 1 is 1.20 bits per heavy atom. The van der Waals surface area contributed by atoms with Crippen LogP contribution >= 0.6 is 11.3 Å². The summed E-state index contributed by atoms with van der Waals surface area (Å²) in [7, 11) is 0. The van der Waals surface area contributed by atoms with Gasteiger partial charge in [0.25, 0.3) is 0 Å². The van der Waals surface area contributed by atoms with Gasteiger partial charge in [0.05, 0.1) is 6.04 Å². The molecule has 0 saturated carbocycles. The van der Waals surface area contributed by atoms with Gasteiger partial charge in [0.1, 0.15) is 0 Å². The average molecular weight is 286 g/mol. The molecule has 3 heteroatoms. The number of thiophene rings is 1. The zero-order valence-corrected chi connectivity index (χ0v) is 13.0. The summed E-state index contributed by atoms with van der Waals surface area (Å²) in [4.78, 5) is 2.72. The molecule has 0 fully saturated rings. The highest BCUT2D eigenvalue weighted by molar-refractivity contribution is 7.12. The lowest BCUT2D eigenvalue weighted by Gasteiger charge is -2.15. The largest absolute Gasteiger partial charge is 0.271 e. The molecule has 20 heavy (non-hydrogen) atoms. The van der Waals surface area contributed by atoms with Gasteiger partial charge in [-0.25, -0.2) is 0 Å². The molecule has 1 atom stereocenters. The van der Waals surface area contributed by atoms with Crippen LogP contribution in [0.1, 0.15) is 44.5 Å². The van der Waals surface area contributed by atoms with Gasteiger partial charge in [-0.2, -0.15) is 0 Å². The first-order chi connectivity index (χ1) is 9.67. The topological polar surface area (TPSA) is 38.0 Å². The Morgan fingerprint density at radius 2 is 2.00 bits per heavy atom. The van der Waals surface area contributed by atoms with Crippen LogP contribution in [0.25, 0.3) is 0 Å². The van der Waals surface area contributed by atoms with Crippen LogP contribution in [0.4, 0.5) is 0 Å². The SMILES string of the molecule is Cc1cc(C(Cc2ccc3c(c2)CCC3)NN)sc1C. The quantitative estimate of drug-likeness (QED) is 0.666. The van der Waals surface area contributed by atoms with E-state index in [-0.39, 0.29) is 6.04 Å². The van der Waals surface area contributed by atoms with Crippen molar-refractivity contribution in [2.45, 2.75) is 45.6 Å². The Hall–Kier alpha value is -1.16. The summed E-state index contributed by atoms with van der Waals surface area (Å²) >= 11 is 1.85. The van der Waals surface area contributed by atoms with Gasteiger partial charge in [-0.15, -0.1) is 11.3 Å². The number of hydrogen-bond acceptors (Lipinski definition) is 3. The molecule has 1 aromatic carbocycles. The molecule has 0 radical (unpaired) electrons. The first kappa shape index (κ1) is 13.8. The number of nitrogens with one attached hydrogen (secondary N) is 1. The minimum atomic E-state index is 0.215. The number of hydrogen-bond donors (Lipinski definition) is 2. The molecular weight excluding hydrogens is 264 g/mol. The molecule has 1 aliphatic rings. The third kappa shape index (κ3) is 2.66. The van der Waals surface area contributed by atoms with Gasteiger partial charge in [-0.1, -0.05) is 18.2 Å². The smallest absolute Gasteiger partial charge is 0.0593 e. The van der Waals surface area contributed by atoms with Crippen LogP contribution in [-0.4, -0.2) is 0 Å². The molecule has 0 bridgehead atoms. The molecule has 106 valence electrons. The monoisotopic (exact) mass is 286 g/mol. The van der Waals surface area contributed by atoms with E-state index < -0.39 is 0 Å². The van der Waals surface area contributed by atoms with Crippen LogP contribution in [-0.2, 0) is 19.3 Å². The fourth-order valence-electron chi connectivity index (χ4n) is 3.00. The van der Waals surface area contributed by atoms with Crippen LogP contribution in [0.3, 0.4) is 0 Å². The van der Waals surface area contributed by atoms with Crippen molar-refractivity contribution in [1.29, 1.82) is 0 Å². The van der Waals surface area contributed by atoms with E-state index in [1.165, 1.54) is 51.3 Å². The molecule has 0 saturated heterocycles. The van der Waals surface area contributed by atoms with Gasteiger partial charge < -0.3 is 0 Å². The maximum Gasteiger partial charge on any atom is 0.0593 e. The lowest BCUT2D eigenvalue weighted by atomic mass is 10.0. The van der Waals surface area contributed by atoms with Gasteiger partial charge >= 0.3 is 0 Å². The highest BCUT2D eigenvalue weighted by Gasteiger charge is 2.16. The summed E-state index contributed by atoms with van der Waals surface area (Å²) in [6.45, 7) is 4.34.